The Balaban J connectivity index is 3.26. The molecular formula is C11H12N2O6. The molecule has 0 aliphatic rings. The van der Waals surface area contributed by atoms with Gasteiger partial charge < -0.3 is 9.47 Å². The van der Waals surface area contributed by atoms with Crippen molar-refractivity contribution in [3.05, 3.63) is 33.6 Å². The van der Waals surface area contributed by atoms with E-state index in [1.54, 1.807) is 13.8 Å². The van der Waals surface area contributed by atoms with Crippen LogP contribution in [0.15, 0.2) is 12.3 Å². The molecule has 0 atom stereocenters. The van der Waals surface area contributed by atoms with Gasteiger partial charge in [0.15, 0.2) is 5.69 Å². The molecule has 0 radical (unpaired) electrons. The Labute approximate surface area is 108 Å². The Morgan fingerprint density at radius 3 is 2.37 bits per heavy atom. The lowest BCUT2D eigenvalue weighted by Crippen LogP contribution is -2.16. The van der Waals surface area contributed by atoms with Gasteiger partial charge in [-0.25, -0.2) is 14.6 Å². The van der Waals surface area contributed by atoms with Gasteiger partial charge in [-0.05, 0) is 13.8 Å². The fourth-order valence-electron chi connectivity index (χ4n) is 1.28. The van der Waals surface area contributed by atoms with Crippen LogP contribution >= 0.6 is 0 Å². The molecule has 0 aromatic carbocycles. The van der Waals surface area contributed by atoms with Crippen molar-refractivity contribution in [3.63, 3.8) is 0 Å². The van der Waals surface area contributed by atoms with Crippen molar-refractivity contribution in [2.75, 3.05) is 13.2 Å². The molecule has 1 aromatic heterocycles. The predicted molar refractivity (Wildman–Crippen MR) is 62.8 cm³/mol. The van der Waals surface area contributed by atoms with Crippen molar-refractivity contribution < 1.29 is 24.0 Å². The van der Waals surface area contributed by atoms with Crippen LogP contribution < -0.4 is 0 Å². The monoisotopic (exact) mass is 268 g/mol. The van der Waals surface area contributed by atoms with Crippen LogP contribution in [0.4, 0.5) is 5.69 Å². The van der Waals surface area contributed by atoms with Gasteiger partial charge in [0, 0.05) is 6.07 Å². The van der Waals surface area contributed by atoms with Crippen molar-refractivity contribution in [2.45, 2.75) is 13.8 Å². The van der Waals surface area contributed by atoms with Crippen LogP contribution in [0.3, 0.4) is 0 Å². The number of carbonyl (C=O) groups excluding carboxylic acids is 2. The first kappa shape index (κ1) is 14.6. The molecule has 0 bridgehead atoms. The van der Waals surface area contributed by atoms with Crippen LogP contribution in [0.2, 0.25) is 0 Å². The van der Waals surface area contributed by atoms with Gasteiger partial charge in [-0.3, -0.25) is 10.1 Å². The van der Waals surface area contributed by atoms with E-state index in [4.69, 9.17) is 9.47 Å². The minimum atomic E-state index is -0.859. The molecule has 0 saturated heterocycles. The number of aromatic nitrogens is 1. The maximum absolute atomic E-state index is 11.7. The zero-order valence-electron chi connectivity index (χ0n) is 10.4. The standard InChI is InChI=1S/C11H12N2O6/c1-3-18-10(14)8-5-7(13(16)17)6-12-9(8)11(15)19-4-2/h5-6H,3-4H2,1-2H3. The second kappa shape index (κ2) is 6.43. The number of esters is 2. The Kier molecular flexibility index (Phi) is 4.92. The third-order valence-corrected chi connectivity index (χ3v) is 2.05. The van der Waals surface area contributed by atoms with Crippen LogP contribution in [0.1, 0.15) is 34.7 Å². The Morgan fingerprint density at radius 2 is 1.84 bits per heavy atom. The largest absolute Gasteiger partial charge is 0.462 e. The van der Waals surface area contributed by atoms with Gasteiger partial charge in [0.05, 0.1) is 23.7 Å². The molecule has 19 heavy (non-hydrogen) atoms. The molecule has 0 amide bonds. The van der Waals surface area contributed by atoms with Gasteiger partial charge in [-0.2, -0.15) is 0 Å². The molecule has 1 heterocycles. The number of carbonyl (C=O) groups is 2. The molecular weight excluding hydrogens is 256 g/mol. The first-order valence-electron chi connectivity index (χ1n) is 5.49. The molecule has 1 rings (SSSR count). The number of rotatable bonds is 5. The van der Waals surface area contributed by atoms with Gasteiger partial charge >= 0.3 is 11.9 Å². The van der Waals surface area contributed by atoms with E-state index in [9.17, 15) is 19.7 Å². The summed E-state index contributed by atoms with van der Waals surface area (Å²) in [5.41, 5.74) is -0.989. The minimum Gasteiger partial charge on any atom is -0.462 e. The summed E-state index contributed by atoms with van der Waals surface area (Å²) >= 11 is 0. The summed E-state index contributed by atoms with van der Waals surface area (Å²) in [6, 6.07) is 0.942. The van der Waals surface area contributed by atoms with Crippen LogP contribution in [0.25, 0.3) is 0 Å². The van der Waals surface area contributed by atoms with E-state index in [1.807, 2.05) is 0 Å². The molecule has 102 valence electrons. The normalized spacial score (nSPS) is 9.79. The second-order valence-electron chi connectivity index (χ2n) is 3.29. The highest BCUT2D eigenvalue weighted by Gasteiger charge is 2.24. The highest BCUT2D eigenvalue weighted by Crippen LogP contribution is 2.17. The number of pyridine rings is 1. The topological polar surface area (TPSA) is 109 Å². The van der Waals surface area contributed by atoms with Crippen molar-refractivity contribution in [1.82, 2.24) is 4.98 Å². The lowest BCUT2D eigenvalue weighted by molar-refractivity contribution is -0.385. The van der Waals surface area contributed by atoms with Crippen molar-refractivity contribution in [1.29, 1.82) is 0 Å². The Morgan fingerprint density at radius 1 is 1.26 bits per heavy atom. The fourth-order valence-corrected chi connectivity index (χ4v) is 1.28. The van der Waals surface area contributed by atoms with E-state index in [1.165, 1.54) is 0 Å². The van der Waals surface area contributed by atoms with Gasteiger partial charge in [0.25, 0.3) is 5.69 Å². The summed E-state index contributed by atoms with van der Waals surface area (Å²) in [5, 5.41) is 10.6. The van der Waals surface area contributed by atoms with Crippen LogP contribution in [0.5, 0.6) is 0 Å². The van der Waals surface area contributed by atoms with E-state index in [-0.39, 0.29) is 24.5 Å². The van der Waals surface area contributed by atoms with Gasteiger partial charge in [0.2, 0.25) is 0 Å². The lowest BCUT2D eigenvalue weighted by atomic mass is 10.2. The molecule has 0 N–H and O–H groups in total. The van der Waals surface area contributed by atoms with Crippen molar-refractivity contribution >= 4 is 17.6 Å². The average molecular weight is 268 g/mol. The molecule has 0 aliphatic heterocycles. The first-order valence-corrected chi connectivity index (χ1v) is 5.49. The SMILES string of the molecule is CCOC(=O)c1cc([N+](=O)[O-])cnc1C(=O)OCC. The van der Waals surface area contributed by atoms with Gasteiger partial charge in [-0.15, -0.1) is 0 Å². The van der Waals surface area contributed by atoms with Gasteiger partial charge in [-0.1, -0.05) is 0 Å². The quantitative estimate of drug-likeness (QED) is 0.450. The van der Waals surface area contributed by atoms with Crippen molar-refractivity contribution in [3.8, 4) is 0 Å². The molecule has 8 nitrogen and oxygen atoms in total. The van der Waals surface area contributed by atoms with E-state index in [0.29, 0.717) is 0 Å². The van der Waals surface area contributed by atoms with Crippen LogP contribution in [-0.4, -0.2) is 35.1 Å². The molecule has 8 heteroatoms. The maximum Gasteiger partial charge on any atom is 0.357 e. The zero-order valence-corrected chi connectivity index (χ0v) is 10.4. The summed E-state index contributed by atoms with van der Waals surface area (Å²) in [7, 11) is 0. The third kappa shape index (κ3) is 3.47. The maximum atomic E-state index is 11.7. The fraction of sp³-hybridized carbons (Fsp3) is 0.364. The second-order valence-corrected chi connectivity index (χ2v) is 3.29. The summed E-state index contributed by atoms with van der Waals surface area (Å²) in [6.45, 7) is 3.34. The molecule has 1 aromatic rings. The van der Waals surface area contributed by atoms with E-state index >= 15 is 0 Å². The average Bonchev–Trinajstić information content (AvgIpc) is 2.38. The Hall–Kier alpha value is -2.51. The number of nitro groups is 1. The first-order chi connectivity index (χ1) is 9.01. The van der Waals surface area contributed by atoms with E-state index < -0.39 is 22.5 Å². The smallest absolute Gasteiger partial charge is 0.357 e. The van der Waals surface area contributed by atoms with E-state index in [2.05, 4.69) is 4.98 Å². The summed E-state index contributed by atoms with van der Waals surface area (Å²) in [4.78, 5) is 36.8. The minimum absolute atomic E-state index is 0.0732. The predicted octanol–water partition coefficient (Wildman–Crippen LogP) is 1.34. The number of nitrogens with zero attached hydrogens (tertiary/aromatic N) is 2. The van der Waals surface area contributed by atoms with Gasteiger partial charge in [0.1, 0.15) is 6.20 Å². The lowest BCUT2D eigenvalue weighted by Gasteiger charge is -2.07. The van der Waals surface area contributed by atoms with Crippen LogP contribution in [-0.2, 0) is 9.47 Å². The highest BCUT2D eigenvalue weighted by molar-refractivity contribution is 6.02. The Bertz CT molecular complexity index is 514. The molecule has 0 fully saturated rings. The molecule has 0 saturated carbocycles. The number of hydrogen-bond acceptors (Lipinski definition) is 7. The third-order valence-electron chi connectivity index (χ3n) is 2.05. The van der Waals surface area contributed by atoms with Crippen molar-refractivity contribution in [2.24, 2.45) is 0 Å². The molecule has 0 unspecified atom stereocenters. The molecule has 0 spiro atoms. The number of ether oxygens (including phenoxy) is 2. The summed E-state index contributed by atoms with van der Waals surface area (Å²) in [6.07, 6.45) is 0.884. The summed E-state index contributed by atoms with van der Waals surface area (Å²) < 4.78 is 9.44. The van der Waals surface area contributed by atoms with E-state index in [0.717, 1.165) is 12.3 Å². The zero-order chi connectivity index (χ0) is 14.4. The highest BCUT2D eigenvalue weighted by atomic mass is 16.6. The van der Waals surface area contributed by atoms with Crippen LogP contribution in [0, 0.1) is 10.1 Å². The summed E-state index contributed by atoms with van der Waals surface area (Å²) in [5.74, 6) is -1.69. The molecule has 0 aliphatic carbocycles. The number of hydrogen-bond donors (Lipinski definition) is 0.